The van der Waals surface area contributed by atoms with Gasteiger partial charge in [-0.2, -0.15) is 0 Å². The highest BCUT2D eigenvalue weighted by Gasteiger charge is 2.42. The van der Waals surface area contributed by atoms with Crippen LogP contribution in [0.4, 0.5) is 0 Å². The fourth-order valence-electron chi connectivity index (χ4n) is 5.89. The molecule has 0 aromatic heterocycles. The van der Waals surface area contributed by atoms with E-state index < -0.39 is 6.10 Å². The molecule has 1 aliphatic rings. The van der Waals surface area contributed by atoms with Crippen LogP contribution in [0.5, 0.6) is 0 Å². The van der Waals surface area contributed by atoms with Gasteiger partial charge in [0.15, 0.2) is 0 Å². The molecule has 0 bridgehead atoms. The van der Waals surface area contributed by atoms with Gasteiger partial charge in [0.2, 0.25) is 0 Å². The van der Waals surface area contributed by atoms with Crippen LogP contribution < -0.4 is 0 Å². The number of unbranched alkanes of at least 4 members (excludes halogenated alkanes) is 6. The van der Waals surface area contributed by atoms with Crippen molar-refractivity contribution in [3.8, 4) is 11.1 Å². The molecule has 34 heavy (non-hydrogen) atoms. The maximum absolute atomic E-state index is 11.4. The van der Waals surface area contributed by atoms with Gasteiger partial charge in [-0.05, 0) is 52.3 Å². The summed E-state index contributed by atoms with van der Waals surface area (Å²) in [6.45, 7) is 4.58. The number of hydrogen-bond donors (Lipinski definition) is 1. The van der Waals surface area contributed by atoms with Gasteiger partial charge in [-0.25, -0.2) is 0 Å². The minimum Gasteiger partial charge on any atom is -0.384 e. The predicted octanol–water partition coefficient (Wildman–Crippen LogP) is 9.74. The normalized spacial score (nSPS) is 14.6. The van der Waals surface area contributed by atoms with Crippen molar-refractivity contribution in [3.63, 3.8) is 0 Å². The quantitative estimate of drug-likeness (QED) is 0.236. The van der Waals surface area contributed by atoms with Gasteiger partial charge < -0.3 is 5.11 Å². The van der Waals surface area contributed by atoms with Crippen LogP contribution in [0.15, 0.2) is 71.2 Å². The molecule has 4 rings (SSSR count). The number of rotatable bonds is 12. The first-order chi connectivity index (χ1) is 16.6. The molecular weight excluding hydrogens is 480 g/mol. The maximum Gasteiger partial charge on any atom is 0.105 e. The van der Waals surface area contributed by atoms with Crippen molar-refractivity contribution < 1.29 is 5.11 Å². The first-order valence-electron chi connectivity index (χ1n) is 13.3. The van der Waals surface area contributed by atoms with Crippen LogP contribution in [-0.2, 0) is 5.41 Å². The van der Waals surface area contributed by atoms with Crippen LogP contribution >= 0.6 is 15.9 Å². The number of halogens is 1. The first kappa shape index (κ1) is 25.2. The SMILES string of the molecule is CCCCCCC1(CCCCCC)c2ccccc2-c2ccc(C(O)c3ccccc3Br)cc21. The molecule has 0 spiro atoms. The summed E-state index contributed by atoms with van der Waals surface area (Å²) in [4.78, 5) is 0. The molecule has 0 saturated carbocycles. The highest BCUT2D eigenvalue weighted by atomic mass is 79.9. The smallest absolute Gasteiger partial charge is 0.105 e. The third-order valence-electron chi connectivity index (χ3n) is 7.72. The van der Waals surface area contributed by atoms with Gasteiger partial charge in [-0.3, -0.25) is 0 Å². The van der Waals surface area contributed by atoms with E-state index in [1.165, 1.54) is 86.5 Å². The Kier molecular flexibility index (Phi) is 8.66. The van der Waals surface area contributed by atoms with Crippen molar-refractivity contribution >= 4 is 15.9 Å². The Morgan fingerprint density at radius 2 is 1.32 bits per heavy atom. The van der Waals surface area contributed by atoms with E-state index in [1.807, 2.05) is 24.3 Å². The van der Waals surface area contributed by atoms with Gasteiger partial charge in [0.1, 0.15) is 6.10 Å². The summed E-state index contributed by atoms with van der Waals surface area (Å²) >= 11 is 3.64. The molecule has 0 amide bonds. The van der Waals surface area contributed by atoms with E-state index in [4.69, 9.17) is 0 Å². The lowest BCUT2D eigenvalue weighted by molar-refractivity contribution is 0.219. The molecule has 2 heteroatoms. The van der Waals surface area contributed by atoms with Gasteiger partial charge in [-0.15, -0.1) is 0 Å². The molecule has 0 aliphatic heterocycles. The van der Waals surface area contributed by atoms with E-state index in [2.05, 4.69) is 72.2 Å². The lowest BCUT2D eigenvalue weighted by Gasteiger charge is -2.33. The molecule has 1 nitrogen and oxygen atoms in total. The number of aliphatic hydroxyl groups is 1. The molecular formula is C32H39BrO. The average Bonchev–Trinajstić information content (AvgIpc) is 3.14. The predicted molar refractivity (Wildman–Crippen MR) is 148 cm³/mol. The van der Waals surface area contributed by atoms with Gasteiger partial charge in [0.05, 0.1) is 0 Å². The summed E-state index contributed by atoms with van der Waals surface area (Å²) in [7, 11) is 0. The second kappa shape index (κ2) is 11.7. The third-order valence-corrected chi connectivity index (χ3v) is 8.44. The van der Waals surface area contributed by atoms with Crippen molar-refractivity contribution in [2.24, 2.45) is 0 Å². The van der Waals surface area contributed by atoms with Crippen molar-refractivity contribution in [2.75, 3.05) is 0 Å². The number of hydrogen-bond acceptors (Lipinski definition) is 1. The first-order valence-corrected chi connectivity index (χ1v) is 14.1. The van der Waals surface area contributed by atoms with E-state index in [-0.39, 0.29) is 5.41 Å². The average molecular weight is 520 g/mol. The molecule has 0 saturated heterocycles. The highest BCUT2D eigenvalue weighted by Crippen LogP contribution is 2.54. The Balaban J connectivity index is 1.77. The van der Waals surface area contributed by atoms with E-state index in [0.29, 0.717) is 0 Å². The topological polar surface area (TPSA) is 20.2 Å². The van der Waals surface area contributed by atoms with Crippen LogP contribution in [0.1, 0.15) is 106 Å². The fraction of sp³-hybridized carbons (Fsp3) is 0.438. The van der Waals surface area contributed by atoms with Crippen LogP contribution in [0.2, 0.25) is 0 Å². The summed E-state index contributed by atoms with van der Waals surface area (Å²) in [5.41, 5.74) is 7.67. The summed E-state index contributed by atoms with van der Waals surface area (Å²) in [5.74, 6) is 0. The molecule has 1 atom stereocenters. The molecule has 0 fully saturated rings. The van der Waals surface area contributed by atoms with Crippen molar-refractivity contribution in [1.29, 1.82) is 0 Å². The Hall–Kier alpha value is -1.90. The summed E-state index contributed by atoms with van der Waals surface area (Å²) in [5, 5.41) is 11.4. The fourth-order valence-corrected chi connectivity index (χ4v) is 6.39. The lowest BCUT2D eigenvalue weighted by atomic mass is 9.70. The zero-order valence-electron chi connectivity index (χ0n) is 20.8. The van der Waals surface area contributed by atoms with Gasteiger partial charge in [0, 0.05) is 9.89 Å². The van der Waals surface area contributed by atoms with E-state index in [0.717, 1.165) is 15.6 Å². The highest BCUT2D eigenvalue weighted by molar-refractivity contribution is 9.10. The molecule has 180 valence electrons. The number of benzene rings is 3. The molecule has 3 aromatic carbocycles. The second-order valence-electron chi connectivity index (χ2n) is 9.98. The van der Waals surface area contributed by atoms with Gasteiger partial charge in [0.25, 0.3) is 0 Å². The molecule has 3 aromatic rings. The van der Waals surface area contributed by atoms with Gasteiger partial charge >= 0.3 is 0 Å². The zero-order valence-corrected chi connectivity index (χ0v) is 22.4. The molecule has 1 N–H and O–H groups in total. The van der Waals surface area contributed by atoms with Crippen LogP contribution in [0.3, 0.4) is 0 Å². The monoisotopic (exact) mass is 518 g/mol. The van der Waals surface area contributed by atoms with Crippen molar-refractivity contribution in [1.82, 2.24) is 0 Å². The number of fused-ring (bicyclic) bond motifs is 3. The van der Waals surface area contributed by atoms with E-state index >= 15 is 0 Å². The lowest BCUT2D eigenvalue weighted by Crippen LogP contribution is -2.26. The minimum absolute atomic E-state index is 0.0526. The van der Waals surface area contributed by atoms with Gasteiger partial charge in [-0.1, -0.05) is 142 Å². The van der Waals surface area contributed by atoms with Crippen molar-refractivity contribution in [2.45, 2.75) is 89.6 Å². The van der Waals surface area contributed by atoms with Crippen LogP contribution in [-0.4, -0.2) is 5.11 Å². The summed E-state index contributed by atoms with van der Waals surface area (Å²) in [6.07, 6.45) is 12.0. The Morgan fingerprint density at radius 3 is 2.00 bits per heavy atom. The molecule has 1 unspecified atom stereocenters. The number of aliphatic hydroxyl groups excluding tert-OH is 1. The van der Waals surface area contributed by atoms with Crippen LogP contribution in [0, 0.1) is 0 Å². The largest absolute Gasteiger partial charge is 0.384 e. The van der Waals surface area contributed by atoms with E-state index in [1.54, 1.807) is 0 Å². The zero-order chi connectivity index (χ0) is 24.0. The standard InChI is InChI=1S/C32H39BrO/c1-3-5-7-13-21-32(22-14-8-6-4-2)28-17-11-9-15-25(28)26-20-19-24(23-29(26)32)31(34)27-16-10-12-18-30(27)33/h9-12,15-20,23,31,34H,3-8,13-14,21-22H2,1-2H3. The maximum atomic E-state index is 11.4. The summed E-state index contributed by atoms with van der Waals surface area (Å²) < 4.78 is 0.955. The van der Waals surface area contributed by atoms with E-state index in [9.17, 15) is 5.11 Å². The third kappa shape index (κ3) is 5.04. The van der Waals surface area contributed by atoms with Crippen molar-refractivity contribution in [3.05, 3.63) is 93.5 Å². The molecule has 0 radical (unpaired) electrons. The molecule has 0 heterocycles. The Bertz CT molecular complexity index is 1070. The Morgan fingerprint density at radius 1 is 0.706 bits per heavy atom. The summed E-state index contributed by atoms with van der Waals surface area (Å²) in [6, 6.07) is 23.8. The Labute approximate surface area is 214 Å². The van der Waals surface area contributed by atoms with Crippen LogP contribution in [0.25, 0.3) is 11.1 Å². The minimum atomic E-state index is -0.637. The second-order valence-corrected chi connectivity index (χ2v) is 10.8. The molecule has 1 aliphatic carbocycles.